The van der Waals surface area contributed by atoms with Crippen molar-refractivity contribution in [3.05, 3.63) is 14.7 Å². The number of rotatable bonds is 2. The van der Waals surface area contributed by atoms with E-state index in [2.05, 4.69) is 15.5 Å². The maximum Gasteiger partial charge on any atom is 0.231 e. The molecule has 1 rings (SSSR count). The molecule has 0 saturated carbocycles. The van der Waals surface area contributed by atoms with Crippen molar-refractivity contribution >= 4 is 11.3 Å². The van der Waals surface area contributed by atoms with Crippen LogP contribution in [0.15, 0.2) is 10.4 Å². The van der Waals surface area contributed by atoms with E-state index in [0.717, 1.165) is 11.4 Å². The minimum atomic E-state index is 0.539. The second-order valence-corrected chi connectivity index (χ2v) is 2.98. The van der Waals surface area contributed by atoms with Crippen LogP contribution in [0, 0.1) is 4.91 Å². The molecule has 0 amide bonds. The predicted molar refractivity (Wildman–Crippen MR) is 41.8 cm³/mol. The predicted octanol–water partition coefficient (Wildman–Crippen LogP) is 0.626. The van der Waals surface area contributed by atoms with E-state index < -0.39 is 0 Å². The summed E-state index contributed by atoms with van der Waals surface area (Å²) in [5.74, 6) is 0. The highest BCUT2D eigenvalue weighted by Gasteiger charge is 1.97. The molecule has 0 atom stereocenters. The first kappa shape index (κ1) is 8.06. The molecule has 1 aromatic rings. The Balaban J connectivity index is 3.17. The summed E-state index contributed by atoms with van der Waals surface area (Å²) in [7, 11) is 1.74. The number of hydrogen-bond acceptors (Lipinski definition) is 4. The molecule has 0 fully saturated rings. The molecule has 0 aliphatic rings. The summed E-state index contributed by atoms with van der Waals surface area (Å²) < 4.78 is 1.55. The summed E-state index contributed by atoms with van der Waals surface area (Å²) in [5.41, 5.74) is 0. The maximum atomic E-state index is 9.77. The van der Waals surface area contributed by atoms with Crippen molar-refractivity contribution in [3.8, 4) is 0 Å². The monoisotopic (exact) mass is 172 g/mol. The van der Waals surface area contributed by atoms with Crippen molar-refractivity contribution in [2.45, 2.75) is 13.3 Å². The summed E-state index contributed by atoms with van der Waals surface area (Å²) in [6, 6.07) is 0. The SMILES string of the molecule is CCc1nn(C)/c(=N\N=O)s1. The average molecular weight is 172 g/mol. The van der Waals surface area contributed by atoms with Gasteiger partial charge in [-0.25, -0.2) is 4.68 Å². The molecule has 0 aromatic carbocycles. The molecule has 0 aliphatic heterocycles. The lowest BCUT2D eigenvalue weighted by atomic mass is 10.5. The summed E-state index contributed by atoms with van der Waals surface area (Å²) in [6.45, 7) is 2.00. The van der Waals surface area contributed by atoms with Crippen LogP contribution in [-0.2, 0) is 13.5 Å². The van der Waals surface area contributed by atoms with Gasteiger partial charge in [-0.3, -0.25) is 0 Å². The second-order valence-electron chi connectivity index (χ2n) is 1.94. The normalized spacial score (nSPS) is 12.0. The van der Waals surface area contributed by atoms with Gasteiger partial charge in [0.05, 0.1) is 5.29 Å². The van der Waals surface area contributed by atoms with Gasteiger partial charge in [-0.1, -0.05) is 23.4 Å². The van der Waals surface area contributed by atoms with E-state index in [1.54, 1.807) is 11.7 Å². The molecular formula is C5H8N4OS. The molecule has 0 saturated heterocycles. The van der Waals surface area contributed by atoms with Crippen molar-refractivity contribution in [1.29, 1.82) is 0 Å². The quantitative estimate of drug-likeness (QED) is 0.485. The summed E-state index contributed by atoms with van der Waals surface area (Å²) in [5, 5.41) is 10.8. The fourth-order valence-electron chi connectivity index (χ4n) is 0.665. The molecule has 0 spiro atoms. The maximum absolute atomic E-state index is 9.77. The Morgan fingerprint density at radius 3 is 2.91 bits per heavy atom. The van der Waals surface area contributed by atoms with Crippen molar-refractivity contribution in [3.63, 3.8) is 0 Å². The molecule has 6 heteroatoms. The van der Waals surface area contributed by atoms with Crippen LogP contribution in [-0.4, -0.2) is 9.78 Å². The van der Waals surface area contributed by atoms with E-state index in [1.807, 2.05) is 6.92 Å². The number of nitroso groups, excluding NO2 is 1. The molecule has 11 heavy (non-hydrogen) atoms. The van der Waals surface area contributed by atoms with Crippen LogP contribution < -0.4 is 4.80 Å². The van der Waals surface area contributed by atoms with Gasteiger partial charge < -0.3 is 0 Å². The van der Waals surface area contributed by atoms with Crippen molar-refractivity contribution in [1.82, 2.24) is 9.78 Å². The first-order chi connectivity index (χ1) is 5.27. The van der Waals surface area contributed by atoms with Gasteiger partial charge in [0.25, 0.3) is 0 Å². The van der Waals surface area contributed by atoms with Crippen LogP contribution in [0.1, 0.15) is 11.9 Å². The van der Waals surface area contributed by atoms with E-state index in [-0.39, 0.29) is 0 Å². The zero-order valence-electron chi connectivity index (χ0n) is 6.31. The fourth-order valence-corrected chi connectivity index (χ4v) is 1.43. The van der Waals surface area contributed by atoms with Crippen LogP contribution in [0.5, 0.6) is 0 Å². The molecule has 0 bridgehead atoms. The first-order valence-corrected chi connectivity index (χ1v) is 3.99. The van der Waals surface area contributed by atoms with Gasteiger partial charge in [-0.15, -0.1) is 4.91 Å². The molecule has 0 N–H and O–H groups in total. The van der Waals surface area contributed by atoms with Crippen LogP contribution in [0.25, 0.3) is 0 Å². The van der Waals surface area contributed by atoms with E-state index >= 15 is 0 Å². The highest BCUT2D eigenvalue weighted by molar-refractivity contribution is 7.08. The molecule has 0 aliphatic carbocycles. The smallest absolute Gasteiger partial charge is 0.231 e. The Bertz CT molecular complexity index is 313. The fraction of sp³-hybridized carbons (Fsp3) is 0.600. The van der Waals surface area contributed by atoms with E-state index in [4.69, 9.17) is 0 Å². The number of aryl methyl sites for hydroxylation is 2. The third-order valence-electron chi connectivity index (χ3n) is 1.18. The van der Waals surface area contributed by atoms with Gasteiger partial charge in [0.1, 0.15) is 5.01 Å². The Morgan fingerprint density at radius 1 is 1.73 bits per heavy atom. The molecule has 1 aromatic heterocycles. The first-order valence-electron chi connectivity index (χ1n) is 3.17. The third-order valence-corrected chi connectivity index (χ3v) is 2.31. The van der Waals surface area contributed by atoms with Crippen LogP contribution in [0.4, 0.5) is 0 Å². The van der Waals surface area contributed by atoms with Crippen LogP contribution in [0.3, 0.4) is 0 Å². The van der Waals surface area contributed by atoms with Crippen molar-refractivity contribution in [2.75, 3.05) is 0 Å². The van der Waals surface area contributed by atoms with Gasteiger partial charge >= 0.3 is 0 Å². The average Bonchev–Trinajstić information content (AvgIpc) is 2.33. The lowest BCUT2D eigenvalue weighted by Crippen LogP contribution is -2.10. The van der Waals surface area contributed by atoms with Crippen molar-refractivity contribution < 1.29 is 0 Å². The zero-order valence-corrected chi connectivity index (χ0v) is 7.13. The second kappa shape index (κ2) is 3.38. The third kappa shape index (κ3) is 1.70. The Hall–Kier alpha value is -1.04. The van der Waals surface area contributed by atoms with E-state index in [1.165, 1.54) is 11.3 Å². The van der Waals surface area contributed by atoms with Crippen LogP contribution >= 0.6 is 11.3 Å². The topological polar surface area (TPSA) is 59.6 Å². The number of nitrogens with zero attached hydrogens (tertiary/aromatic N) is 4. The lowest BCUT2D eigenvalue weighted by molar-refractivity contribution is 0.704. The molecule has 1 heterocycles. The van der Waals surface area contributed by atoms with Gasteiger partial charge in [-0.05, 0) is 6.42 Å². The summed E-state index contributed by atoms with van der Waals surface area (Å²) >= 11 is 1.38. The van der Waals surface area contributed by atoms with Crippen molar-refractivity contribution in [2.24, 2.45) is 17.4 Å². The Morgan fingerprint density at radius 2 is 2.45 bits per heavy atom. The van der Waals surface area contributed by atoms with Gasteiger partial charge in [-0.2, -0.15) is 5.10 Å². The largest absolute Gasteiger partial charge is 0.240 e. The minimum Gasteiger partial charge on any atom is -0.240 e. The lowest BCUT2D eigenvalue weighted by Gasteiger charge is -1.82. The zero-order chi connectivity index (χ0) is 8.27. The van der Waals surface area contributed by atoms with E-state index in [9.17, 15) is 4.91 Å². The van der Waals surface area contributed by atoms with Gasteiger partial charge in [0.2, 0.25) is 4.80 Å². The Labute approximate surface area is 67.3 Å². The highest BCUT2D eigenvalue weighted by atomic mass is 32.1. The highest BCUT2D eigenvalue weighted by Crippen LogP contribution is 1.97. The van der Waals surface area contributed by atoms with Gasteiger partial charge in [0.15, 0.2) is 0 Å². The van der Waals surface area contributed by atoms with Crippen LogP contribution in [0.2, 0.25) is 0 Å². The standard InChI is InChI=1S/C5H8N4OS/c1-3-4-7-9(2)5(11-4)6-8-10/h3H2,1-2H3/b6-5+. The summed E-state index contributed by atoms with van der Waals surface area (Å²) in [6.07, 6.45) is 0.854. The molecular weight excluding hydrogens is 164 g/mol. The number of hydrogen-bond donors (Lipinski definition) is 0. The number of aromatic nitrogens is 2. The minimum absolute atomic E-state index is 0.539. The van der Waals surface area contributed by atoms with Gasteiger partial charge in [0, 0.05) is 7.05 Å². The molecule has 0 radical (unpaired) electrons. The molecule has 60 valence electrons. The van der Waals surface area contributed by atoms with E-state index in [0.29, 0.717) is 4.80 Å². The molecule has 0 unspecified atom stereocenters. The summed E-state index contributed by atoms with van der Waals surface area (Å²) in [4.78, 5) is 10.3. The Kier molecular flexibility index (Phi) is 2.48. The molecule has 5 nitrogen and oxygen atoms in total.